The molecule has 2 aliphatic rings. The Morgan fingerprint density at radius 1 is 0.951 bits per heavy atom. The highest BCUT2D eigenvalue weighted by Crippen LogP contribution is 2.34. The van der Waals surface area contributed by atoms with Gasteiger partial charge in [0.05, 0.1) is 16.2 Å². The lowest BCUT2D eigenvalue weighted by atomic mass is 10.1. The SMILES string of the molecule is Cc1cccn2c(=O)c(C=C3SC(=S)N(CCc4ccccc4)C3=O)c(N3CCN(c4ccccc4F)CC3)nc12. The van der Waals surface area contributed by atoms with Crippen molar-refractivity contribution in [1.29, 1.82) is 0 Å². The van der Waals surface area contributed by atoms with Gasteiger partial charge in [-0.1, -0.05) is 72.5 Å². The van der Waals surface area contributed by atoms with E-state index < -0.39 is 0 Å². The molecule has 41 heavy (non-hydrogen) atoms. The van der Waals surface area contributed by atoms with Crippen molar-refractivity contribution in [3.05, 3.63) is 111 Å². The first-order valence-corrected chi connectivity index (χ1v) is 14.7. The average molecular weight is 586 g/mol. The number of hydrogen-bond donors (Lipinski definition) is 0. The van der Waals surface area contributed by atoms with Crippen LogP contribution in [0, 0.1) is 12.7 Å². The topological polar surface area (TPSA) is 61.2 Å². The van der Waals surface area contributed by atoms with Crippen LogP contribution in [0.15, 0.2) is 82.6 Å². The van der Waals surface area contributed by atoms with Crippen LogP contribution in [0.4, 0.5) is 15.9 Å². The molecule has 10 heteroatoms. The van der Waals surface area contributed by atoms with E-state index in [1.54, 1.807) is 29.3 Å². The van der Waals surface area contributed by atoms with Gasteiger partial charge in [0.2, 0.25) is 0 Å². The molecule has 0 bridgehead atoms. The van der Waals surface area contributed by atoms with Crippen molar-refractivity contribution < 1.29 is 9.18 Å². The van der Waals surface area contributed by atoms with E-state index in [-0.39, 0.29) is 17.3 Å². The molecule has 4 heterocycles. The number of pyridine rings is 1. The maximum atomic E-state index is 14.4. The highest BCUT2D eigenvalue weighted by atomic mass is 32.2. The number of amides is 1. The van der Waals surface area contributed by atoms with Crippen molar-refractivity contribution in [2.45, 2.75) is 13.3 Å². The Balaban J connectivity index is 1.33. The molecule has 208 valence electrons. The van der Waals surface area contributed by atoms with Crippen LogP contribution in [0.2, 0.25) is 0 Å². The summed E-state index contributed by atoms with van der Waals surface area (Å²) in [5.74, 6) is 0.0562. The quantitative estimate of drug-likeness (QED) is 0.235. The van der Waals surface area contributed by atoms with Crippen LogP contribution < -0.4 is 15.4 Å². The first-order chi connectivity index (χ1) is 19.9. The first kappa shape index (κ1) is 27.2. The van der Waals surface area contributed by atoms with E-state index in [9.17, 15) is 14.0 Å². The molecule has 0 saturated carbocycles. The number of aryl methyl sites for hydroxylation is 1. The minimum atomic E-state index is -0.256. The van der Waals surface area contributed by atoms with Crippen LogP contribution in [0.25, 0.3) is 11.7 Å². The number of anilines is 2. The van der Waals surface area contributed by atoms with E-state index in [0.717, 1.165) is 11.1 Å². The van der Waals surface area contributed by atoms with Gasteiger partial charge in [-0.15, -0.1) is 0 Å². The number of hydrogen-bond acceptors (Lipinski definition) is 7. The van der Waals surface area contributed by atoms with Gasteiger partial charge in [-0.25, -0.2) is 9.37 Å². The number of thioether (sulfide) groups is 1. The predicted molar refractivity (Wildman–Crippen MR) is 167 cm³/mol. The predicted octanol–water partition coefficient (Wildman–Crippen LogP) is 4.91. The molecule has 6 rings (SSSR count). The van der Waals surface area contributed by atoms with E-state index >= 15 is 0 Å². The fourth-order valence-electron chi connectivity index (χ4n) is 5.24. The smallest absolute Gasteiger partial charge is 0.267 e. The molecule has 1 amide bonds. The summed E-state index contributed by atoms with van der Waals surface area (Å²) in [7, 11) is 0. The van der Waals surface area contributed by atoms with Gasteiger partial charge in [-0.2, -0.15) is 0 Å². The lowest BCUT2D eigenvalue weighted by molar-refractivity contribution is -0.122. The molecule has 0 spiro atoms. The number of para-hydroxylation sites is 1. The summed E-state index contributed by atoms with van der Waals surface area (Å²) in [6, 6.07) is 20.4. The number of nitrogens with zero attached hydrogens (tertiary/aromatic N) is 5. The van der Waals surface area contributed by atoms with Gasteiger partial charge < -0.3 is 9.80 Å². The lowest BCUT2D eigenvalue weighted by Gasteiger charge is -2.37. The summed E-state index contributed by atoms with van der Waals surface area (Å²) in [5.41, 5.74) is 3.21. The Kier molecular flexibility index (Phi) is 7.59. The molecule has 0 atom stereocenters. The Hall–Kier alpha value is -4.02. The van der Waals surface area contributed by atoms with Crippen LogP contribution in [-0.4, -0.2) is 57.2 Å². The maximum Gasteiger partial charge on any atom is 0.267 e. The monoisotopic (exact) mass is 585 g/mol. The average Bonchev–Trinajstić information content (AvgIpc) is 3.26. The summed E-state index contributed by atoms with van der Waals surface area (Å²) in [6.45, 7) is 4.60. The molecule has 2 aliphatic heterocycles. The summed E-state index contributed by atoms with van der Waals surface area (Å²) in [4.78, 5) is 38.3. The van der Waals surface area contributed by atoms with E-state index in [0.29, 0.717) is 71.1 Å². The van der Waals surface area contributed by atoms with Gasteiger partial charge >= 0.3 is 0 Å². The second-order valence-corrected chi connectivity index (χ2v) is 11.7. The summed E-state index contributed by atoms with van der Waals surface area (Å²) < 4.78 is 16.4. The number of benzene rings is 2. The molecule has 4 aromatic rings. The molecule has 0 radical (unpaired) electrons. The third-order valence-corrected chi connectivity index (χ3v) is 8.83. The largest absolute Gasteiger partial charge is 0.366 e. The van der Waals surface area contributed by atoms with Gasteiger partial charge in [0, 0.05) is 38.9 Å². The lowest BCUT2D eigenvalue weighted by Crippen LogP contribution is -2.47. The van der Waals surface area contributed by atoms with Crippen LogP contribution >= 0.6 is 24.0 Å². The molecule has 7 nitrogen and oxygen atoms in total. The van der Waals surface area contributed by atoms with Crippen molar-refractivity contribution in [3.63, 3.8) is 0 Å². The van der Waals surface area contributed by atoms with E-state index in [4.69, 9.17) is 17.2 Å². The Labute approximate surface area is 246 Å². The van der Waals surface area contributed by atoms with Gasteiger partial charge in [-0.3, -0.25) is 18.9 Å². The number of carbonyl (C=O) groups excluding carboxylic acids is 1. The molecule has 2 aromatic heterocycles. The number of fused-ring (bicyclic) bond motifs is 1. The Morgan fingerprint density at radius 3 is 2.41 bits per heavy atom. The summed E-state index contributed by atoms with van der Waals surface area (Å²) in [5, 5.41) is 0. The number of rotatable bonds is 6. The van der Waals surface area contributed by atoms with Crippen molar-refractivity contribution in [2.24, 2.45) is 0 Å². The molecular formula is C31H28FN5O2S2. The molecule has 2 saturated heterocycles. The third kappa shape index (κ3) is 5.37. The van der Waals surface area contributed by atoms with Gasteiger partial charge in [0.25, 0.3) is 11.5 Å². The van der Waals surface area contributed by atoms with Crippen LogP contribution in [0.5, 0.6) is 0 Å². The minimum Gasteiger partial charge on any atom is -0.366 e. The second-order valence-electron chi connectivity index (χ2n) is 10.0. The highest BCUT2D eigenvalue weighted by Gasteiger charge is 2.33. The van der Waals surface area contributed by atoms with Crippen LogP contribution in [-0.2, 0) is 11.2 Å². The summed E-state index contributed by atoms with van der Waals surface area (Å²) in [6.07, 6.45) is 4.02. The van der Waals surface area contributed by atoms with Crippen molar-refractivity contribution >= 4 is 57.4 Å². The normalized spacial score (nSPS) is 16.8. The highest BCUT2D eigenvalue weighted by molar-refractivity contribution is 8.26. The zero-order valence-corrected chi connectivity index (χ0v) is 24.1. The van der Waals surface area contributed by atoms with Gasteiger partial charge in [0.15, 0.2) is 0 Å². The van der Waals surface area contributed by atoms with Gasteiger partial charge in [0.1, 0.15) is 21.6 Å². The number of halogens is 1. The van der Waals surface area contributed by atoms with E-state index in [1.165, 1.54) is 22.2 Å². The molecule has 0 unspecified atom stereocenters. The standard InChI is InChI=1S/C31H28FN5O2S2/c1-21-8-7-14-36-27(21)33-28(35-18-16-34(17-19-35)25-12-6-5-11-24(25)32)23(29(36)38)20-26-30(39)37(31(40)41-26)15-13-22-9-3-2-4-10-22/h2-12,14,20H,13,15-19H2,1H3. The molecule has 0 aliphatic carbocycles. The minimum absolute atomic E-state index is 0.208. The van der Waals surface area contributed by atoms with Gasteiger partial charge in [-0.05, 0) is 48.7 Å². The second kappa shape index (κ2) is 11.5. The molecular weight excluding hydrogens is 558 g/mol. The fourth-order valence-corrected chi connectivity index (χ4v) is 6.53. The van der Waals surface area contributed by atoms with Crippen molar-refractivity contribution in [3.8, 4) is 0 Å². The van der Waals surface area contributed by atoms with Crippen LogP contribution in [0.3, 0.4) is 0 Å². The molecule has 2 fully saturated rings. The van der Waals surface area contributed by atoms with Crippen molar-refractivity contribution in [2.75, 3.05) is 42.5 Å². The maximum absolute atomic E-state index is 14.4. The van der Waals surface area contributed by atoms with E-state index in [2.05, 4.69) is 0 Å². The molecule has 2 aromatic carbocycles. The van der Waals surface area contributed by atoms with E-state index in [1.807, 2.05) is 65.3 Å². The van der Waals surface area contributed by atoms with Crippen LogP contribution in [0.1, 0.15) is 16.7 Å². The third-order valence-electron chi connectivity index (χ3n) is 7.45. The molecule has 0 N–H and O–H groups in total. The van der Waals surface area contributed by atoms with Crippen molar-refractivity contribution in [1.82, 2.24) is 14.3 Å². The zero-order chi connectivity index (χ0) is 28.5. The fraction of sp³-hybridized carbons (Fsp3) is 0.226. The first-order valence-electron chi connectivity index (χ1n) is 13.5. The Bertz CT molecular complexity index is 1730. The summed E-state index contributed by atoms with van der Waals surface area (Å²) >= 11 is 6.77. The number of carbonyl (C=O) groups is 1. The number of piperazine rings is 1. The number of thiocarbonyl (C=S) groups is 1. The number of aromatic nitrogens is 2. The Morgan fingerprint density at radius 2 is 1.66 bits per heavy atom. The zero-order valence-electron chi connectivity index (χ0n) is 22.5.